The van der Waals surface area contributed by atoms with Gasteiger partial charge in [0.2, 0.25) is 15.9 Å². The van der Waals surface area contributed by atoms with Gasteiger partial charge in [-0.25, -0.2) is 13.1 Å². The molecule has 1 unspecified atom stereocenters. The van der Waals surface area contributed by atoms with Gasteiger partial charge in [-0.15, -0.1) is 11.3 Å². The molecule has 158 valence electrons. The third kappa shape index (κ3) is 5.56. The zero-order valence-corrected chi connectivity index (χ0v) is 18.7. The van der Waals surface area contributed by atoms with Crippen LogP contribution in [0.15, 0.2) is 66.7 Å². The normalized spacial score (nSPS) is 12.8. The van der Waals surface area contributed by atoms with Crippen LogP contribution in [0.5, 0.6) is 0 Å². The molecular formula is C23H26N2O3S2. The third-order valence-corrected chi connectivity index (χ3v) is 7.67. The number of nitrogens with two attached hydrogens (primary N) is 1. The largest absolute Gasteiger partial charge is 0.366 e. The Labute approximate surface area is 182 Å². The summed E-state index contributed by atoms with van der Waals surface area (Å²) in [4.78, 5) is 13.3. The molecule has 5 nitrogen and oxygen atoms in total. The number of nitrogens with one attached hydrogen (secondary N) is 1. The molecule has 0 aliphatic heterocycles. The molecular weight excluding hydrogens is 416 g/mol. The molecule has 0 bridgehead atoms. The molecule has 30 heavy (non-hydrogen) atoms. The van der Waals surface area contributed by atoms with Crippen molar-refractivity contribution < 1.29 is 13.2 Å². The van der Waals surface area contributed by atoms with Gasteiger partial charge in [-0.05, 0) is 47.7 Å². The van der Waals surface area contributed by atoms with E-state index in [4.69, 9.17) is 5.73 Å². The maximum Gasteiger partial charge on any atom is 0.248 e. The first kappa shape index (κ1) is 22.2. The van der Waals surface area contributed by atoms with Crippen LogP contribution < -0.4 is 10.5 Å². The Bertz CT molecular complexity index is 1110. The van der Waals surface area contributed by atoms with Crippen molar-refractivity contribution in [2.45, 2.75) is 32.1 Å². The van der Waals surface area contributed by atoms with E-state index in [0.717, 1.165) is 20.9 Å². The third-order valence-electron chi connectivity index (χ3n) is 4.77. The smallest absolute Gasteiger partial charge is 0.248 e. The highest BCUT2D eigenvalue weighted by Gasteiger charge is 2.27. The molecule has 0 aliphatic carbocycles. The second-order valence-corrected chi connectivity index (χ2v) is 10.7. The molecule has 1 aromatic heterocycles. The molecule has 0 fully saturated rings. The summed E-state index contributed by atoms with van der Waals surface area (Å²) in [6.07, 6.45) is 0.551. The molecule has 2 aromatic carbocycles. The Kier molecular flexibility index (Phi) is 7.07. The predicted octanol–water partition coefficient (Wildman–Crippen LogP) is 4.72. The standard InChI is InChI=1S/C23H26N2O3S2/c1-16(2)13-22(17-7-4-3-5-8-17)30(27,28)25-15-20-11-12-21(29-20)18-9-6-10-19(14-18)23(24)26/h3-12,14,16,22,25H,13,15H2,1-2H3,(H2,24,26). The van der Waals surface area contributed by atoms with E-state index in [-0.39, 0.29) is 12.5 Å². The lowest BCUT2D eigenvalue weighted by Gasteiger charge is -2.20. The van der Waals surface area contributed by atoms with E-state index < -0.39 is 21.2 Å². The molecule has 0 saturated heterocycles. The Hall–Kier alpha value is -2.48. The van der Waals surface area contributed by atoms with Gasteiger partial charge < -0.3 is 5.73 Å². The lowest BCUT2D eigenvalue weighted by atomic mass is 10.0. The van der Waals surface area contributed by atoms with E-state index in [1.807, 2.05) is 62.4 Å². The summed E-state index contributed by atoms with van der Waals surface area (Å²) >= 11 is 1.49. The SMILES string of the molecule is CC(C)CC(c1ccccc1)S(=O)(=O)NCc1ccc(-c2cccc(C(N)=O)c2)s1. The summed E-state index contributed by atoms with van der Waals surface area (Å²) in [7, 11) is -3.55. The van der Waals surface area contributed by atoms with Crippen LogP contribution in [0.2, 0.25) is 0 Å². The van der Waals surface area contributed by atoms with Gasteiger partial charge in [-0.3, -0.25) is 4.79 Å². The van der Waals surface area contributed by atoms with Gasteiger partial charge >= 0.3 is 0 Å². The van der Waals surface area contributed by atoms with Crippen molar-refractivity contribution in [3.63, 3.8) is 0 Å². The van der Waals surface area contributed by atoms with Crippen molar-refractivity contribution in [1.82, 2.24) is 4.72 Å². The van der Waals surface area contributed by atoms with Crippen LogP contribution in [0, 0.1) is 5.92 Å². The molecule has 0 saturated carbocycles. The fourth-order valence-electron chi connectivity index (χ4n) is 3.26. The van der Waals surface area contributed by atoms with E-state index >= 15 is 0 Å². The number of hydrogen-bond acceptors (Lipinski definition) is 4. The summed E-state index contributed by atoms with van der Waals surface area (Å²) in [5.74, 6) is -0.226. The average Bonchev–Trinajstić information content (AvgIpc) is 3.20. The van der Waals surface area contributed by atoms with Gasteiger partial charge in [-0.1, -0.05) is 56.3 Å². The number of thiophene rings is 1. The maximum atomic E-state index is 13.1. The zero-order chi connectivity index (χ0) is 21.7. The molecule has 0 aliphatic rings. The van der Waals surface area contributed by atoms with Gasteiger partial charge in [0.1, 0.15) is 5.25 Å². The number of primary amides is 1. The Morgan fingerprint density at radius 1 is 1.03 bits per heavy atom. The first-order valence-electron chi connectivity index (χ1n) is 9.78. The Balaban J connectivity index is 1.76. The number of hydrogen-bond donors (Lipinski definition) is 2. The van der Waals surface area contributed by atoms with Gasteiger partial charge in [0, 0.05) is 21.9 Å². The van der Waals surface area contributed by atoms with Crippen molar-refractivity contribution in [3.8, 4) is 10.4 Å². The van der Waals surface area contributed by atoms with Crippen LogP contribution in [0.4, 0.5) is 0 Å². The molecule has 1 heterocycles. The molecule has 3 aromatic rings. The van der Waals surface area contributed by atoms with Crippen molar-refractivity contribution in [3.05, 3.63) is 82.7 Å². The lowest BCUT2D eigenvalue weighted by molar-refractivity contribution is 0.100. The topological polar surface area (TPSA) is 89.3 Å². The second-order valence-electron chi connectivity index (χ2n) is 7.61. The number of carbonyl (C=O) groups excluding carboxylic acids is 1. The van der Waals surface area contributed by atoms with E-state index in [9.17, 15) is 13.2 Å². The number of sulfonamides is 1. The quantitative estimate of drug-likeness (QED) is 0.502. The Morgan fingerprint density at radius 2 is 1.77 bits per heavy atom. The van der Waals surface area contributed by atoms with Crippen LogP contribution in [0.25, 0.3) is 10.4 Å². The summed E-state index contributed by atoms with van der Waals surface area (Å²) in [5.41, 5.74) is 7.49. The van der Waals surface area contributed by atoms with Crippen LogP contribution in [0.1, 0.15) is 46.3 Å². The van der Waals surface area contributed by atoms with Crippen molar-refractivity contribution in [1.29, 1.82) is 0 Å². The number of benzene rings is 2. The number of rotatable bonds is 9. The average molecular weight is 443 g/mol. The highest BCUT2D eigenvalue weighted by molar-refractivity contribution is 7.89. The summed E-state index contributed by atoms with van der Waals surface area (Å²) in [5, 5.41) is -0.592. The molecule has 3 N–H and O–H groups in total. The summed E-state index contributed by atoms with van der Waals surface area (Å²) < 4.78 is 28.9. The van der Waals surface area contributed by atoms with Gasteiger partial charge in [0.25, 0.3) is 0 Å². The monoisotopic (exact) mass is 442 g/mol. The van der Waals surface area contributed by atoms with Crippen molar-refractivity contribution in [2.24, 2.45) is 11.7 Å². The second kappa shape index (κ2) is 9.55. The molecule has 7 heteroatoms. The fourth-order valence-corrected chi connectivity index (χ4v) is 6.01. The van der Waals surface area contributed by atoms with Gasteiger partial charge in [0.15, 0.2) is 0 Å². The minimum atomic E-state index is -3.55. The van der Waals surface area contributed by atoms with Crippen LogP contribution in [-0.4, -0.2) is 14.3 Å². The molecule has 1 atom stereocenters. The van der Waals surface area contributed by atoms with E-state index in [1.54, 1.807) is 18.2 Å². The molecule has 0 spiro atoms. The maximum absolute atomic E-state index is 13.1. The van der Waals surface area contributed by atoms with Gasteiger partial charge in [-0.2, -0.15) is 0 Å². The molecule has 3 rings (SSSR count). The first-order chi connectivity index (χ1) is 14.3. The minimum Gasteiger partial charge on any atom is -0.366 e. The molecule has 0 radical (unpaired) electrons. The number of amides is 1. The highest BCUT2D eigenvalue weighted by Crippen LogP contribution is 2.31. The van der Waals surface area contributed by atoms with E-state index in [0.29, 0.717) is 12.0 Å². The van der Waals surface area contributed by atoms with Crippen molar-refractivity contribution >= 4 is 27.3 Å². The lowest BCUT2D eigenvalue weighted by Crippen LogP contribution is -2.29. The first-order valence-corrected chi connectivity index (χ1v) is 12.1. The highest BCUT2D eigenvalue weighted by atomic mass is 32.2. The summed E-state index contributed by atoms with van der Waals surface area (Å²) in [6, 6.07) is 20.3. The summed E-state index contributed by atoms with van der Waals surface area (Å²) in [6.45, 7) is 4.28. The molecule has 1 amide bonds. The number of carbonyl (C=O) groups is 1. The van der Waals surface area contributed by atoms with E-state index in [2.05, 4.69) is 4.72 Å². The zero-order valence-electron chi connectivity index (χ0n) is 17.0. The van der Waals surface area contributed by atoms with E-state index in [1.165, 1.54) is 11.3 Å². The fraction of sp³-hybridized carbons (Fsp3) is 0.261. The van der Waals surface area contributed by atoms with Crippen LogP contribution >= 0.6 is 11.3 Å². The predicted molar refractivity (Wildman–Crippen MR) is 123 cm³/mol. The van der Waals surface area contributed by atoms with Gasteiger partial charge in [0.05, 0.1) is 0 Å². The minimum absolute atomic E-state index is 0.226. The van der Waals surface area contributed by atoms with Crippen molar-refractivity contribution in [2.75, 3.05) is 0 Å². The Morgan fingerprint density at radius 3 is 2.43 bits per heavy atom. The van der Waals surface area contributed by atoms with Crippen LogP contribution in [0.3, 0.4) is 0 Å². The van der Waals surface area contributed by atoms with Crippen LogP contribution in [-0.2, 0) is 16.6 Å².